The highest BCUT2D eigenvalue weighted by Gasteiger charge is 2.71. The summed E-state index contributed by atoms with van der Waals surface area (Å²) in [5.74, 6) is 0.885. The molecule has 4 fully saturated rings. The largest absolute Gasteiger partial charge is 0.393 e. The number of hydrogen-bond donors (Lipinski definition) is 4. The first-order valence-electron chi connectivity index (χ1n) is 9.79. The molecule has 8 atom stereocenters. The number of aliphatic hydroxyl groups is 4. The zero-order valence-corrected chi connectivity index (χ0v) is 15.3. The van der Waals surface area contributed by atoms with Gasteiger partial charge in [-0.25, -0.2) is 0 Å². The van der Waals surface area contributed by atoms with Crippen molar-refractivity contribution in [2.24, 2.45) is 34.0 Å². The molecule has 4 rings (SSSR count). The van der Waals surface area contributed by atoms with Crippen molar-refractivity contribution in [3.8, 4) is 0 Å². The summed E-state index contributed by atoms with van der Waals surface area (Å²) in [4.78, 5) is 0. The Morgan fingerprint density at radius 3 is 2.29 bits per heavy atom. The second-order valence-electron chi connectivity index (χ2n) is 10.5. The molecule has 1 spiro atoms. The summed E-state index contributed by atoms with van der Waals surface area (Å²) in [6, 6.07) is 0. The molecule has 0 aliphatic heterocycles. The molecule has 0 unspecified atom stereocenters. The van der Waals surface area contributed by atoms with E-state index in [-0.39, 0.29) is 34.9 Å². The summed E-state index contributed by atoms with van der Waals surface area (Å²) in [6.07, 6.45) is 5.25. The van der Waals surface area contributed by atoms with E-state index in [0.29, 0.717) is 11.8 Å². The van der Waals surface area contributed by atoms with E-state index in [2.05, 4.69) is 20.8 Å². The van der Waals surface area contributed by atoms with Gasteiger partial charge in [-0.05, 0) is 73.5 Å². The number of hydrogen-bond acceptors (Lipinski definition) is 4. The lowest BCUT2D eigenvalue weighted by atomic mass is 9.40. The number of fused-ring (bicyclic) bond motifs is 3. The van der Waals surface area contributed by atoms with Crippen molar-refractivity contribution in [2.45, 2.75) is 83.5 Å². The predicted octanol–water partition coefficient (Wildman–Crippen LogP) is 2.08. The van der Waals surface area contributed by atoms with Crippen LogP contribution in [0.25, 0.3) is 0 Å². The Morgan fingerprint density at radius 1 is 0.917 bits per heavy atom. The lowest BCUT2D eigenvalue weighted by Crippen LogP contribution is -2.61. The molecule has 4 saturated carbocycles. The van der Waals surface area contributed by atoms with Crippen LogP contribution in [0.3, 0.4) is 0 Å². The van der Waals surface area contributed by atoms with Gasteiger partial charge in [-0.3, -0.25) is 0 Å². The van der Waals surface area contributed by atoms with Gasteiger partial charge in [-0.1, -0.05) is 20.8 Å². The third-order valence-electron chi connectivity index (χ3n) is 8.97. The quantitative estimate of drug-likeness (QED) is 0.590. The van der Waals surface area contributed by atoms with E-state index in [1.807, 2.05) is 0 Å². The van der Waals surface area contributed by atoms with Crippen LogP contribution in [0.5, 0.6) is 0 Å². The molecule has 0 aromatic rings. The van der Waals surface area contributed by atoms with Crippen LogP contribution in [0.15, 0.2) is 0 Å². The normalized spacial score (nSPS) is 58.9. The average molecular weight is 338 g/mol. The number of aliphatic hydroxyl groups excluding tert-OH is 3. The maximum atomic E-state index is 11.1. The summed E-state index contributed by atoms with van der Waals surface area (Å²) in [5.41, 5.74) is -1.49. The zero-order chi connectivity index (χ0) is 17.5. The first-order valence-corrected chi connectivity index (χ1v) is 9.79. The van der Waals surface area contributed by atoms with Gasteiger partial charge in [0, 0.05) is 5.41 Å². The Bertz CT molecular complexity index is 534. The van der Waals surface area contributed by atoms with Gasteiger partial charge in [0.15, 0.2) is 0 Å². The second kappa shape index (κ2) is 4.97. The summed E-state index contributed by atoms with van der Waals surface area (Å²) >= 11 is 0. The minimum Gasteiger partial charge on any atom is -0.393 e. The molecule has 138 valence electrons. The third-order valence-corrected chi connectivity index (χ3v) is 8.97. The Morgan fingerprint density at radius 2 is 1.62 bits per heavy atom. The van der Waals surface area contributed by atoms with Crippen LogP contribution in [0.1, 0.15) is 65.7 Å². The molecule has 0 saturated heterocycles. The topological polar surface area (TPSA) is 80.9 Å². The molecule has 0 aromatic heterocycles. The van der Waals surface area contributed by atoms with E-state index in [9.17, 15) is 20.4 Å². The van der Waals surface area contributed by atoms with E-state index in [1.54, 1.807) is 0 Å². The lowest BCUT2D eigenvalue weighted by Gasteiger charge is -2.65. The van der Waals surface area contributed by atoms with Gasteiger partial charge in [0.05, 0.1) is 18.8 Å². The van der Waals surface area contributed by atoms with Crippen LogP contribution >= 0.6 is 0 Å². The van der Waals surface area contributed by atoms with Gasteiger partial charge in [-0.2, -0.15) is 0 Å². The van der Waals surface area contributed by atoms with Crippen LogP contribution in [0.4, 0.5) is 0 Å². The van der Waals surface area contributed by atoms with E-state index in [1.165, 1.54) is 0 Å². The molecule has 0 aromatic carbocycles. The van der Waals surface area contributed by atoms with Gasteiger partial charge in [-0.15, -0.1) is 0 Å². The fraction of sp³-hybridized carbons (Fsp3) is 1.00. The zero-order valence-electron chi connectivity index (χ0n) is 15.3. The SMILES string of the molecule is CC1(C)C[C@@H](O)C[C@]2(C)[C@@H]1CC[C@@]13C[C@@H](CC[C@@H]21)[C@@](O)(CO)[C@@H]3O. The molecule has 0 amide bonds. The molecular formula is C20H34O4. The Balaban J connectivity index is 1.77. The molecule has 4 nitrogen and oxygen atoms in total. The van der Waals surface area contributed by atoms with Gasteiger partial charge in [0.25, 0.3) is 0 Å². The molecule has 4 aliphatic carbocycles. The van der Waals surface area contributed by atoms with Crippen LogP contribution < -0.4 is 0 Å². The minimum absolute atomic E-state index is 0.00602. The van der Waals surface area contributed by atoms with E-state index in [4.69, 9.17) is 0 Å². The fourth-order valence-electron chi connectivity index (χ4n) is 8.31. The molecule has 24 heavy (non-hydrogen) atoms. The lowest BCUT2D eigenvalue weighted by molar-refractivity contribution is -0.202. The monoisotopic (exact) mass is 338 g/mol. The Hall–Kier alpha value is -0.160. The van der Waals surface area contributed by atoms with Gasteiger partial charge in [0.1, 0.15) is 5.60 Å². The van der Waals surface area contributed by atoms with Crippen LogP contribution in [-0.2, 0) is 0 Å². The van der Waals surface area contributed by atoms with E-state index < -0.39 is 11.7 Å². The van der Waals surface area contributed by atoms with Crippen LogP contribution in [0, 0.1) is 34.0 Å². The van der Waals surface area contributed by atoms with Gasteiger partial charge < -0.3 is 20.4 Å². The maximum Gasteiger partial charge on any atom is 0.117 e. The van der Waals surface area contributed by atoms with Crippen LogP contribution in [-0.4, -0.2) is 44.8 Å². The third kappa shape index (κ3) is 1.89. The van der Waals surface area contributed by atoms with Crippen molar-refractivity contribution >= 4 is 0 Å². The molecule has 0 heterocycles. The van der Waals surface area contributed by atoms with Gasteiger partial charge >= 0.3 is 0 Å². The van der Waals surface area contributed by atoms with Crippen molar-refractivity contribution in [3.05, 3.63) is 0 Å². The second-order valence-corrected chi connectivity index (χ2v) is 10.5. The first-order chi connectivity index (χ1) is 11.1. The van der Waals surface area contributed by atoms with E-state index >= 15 is 0 Å². The molecular weight excluding hydrogens is 304 g/mol. The van der Waals surface area contributed by atoms with Crippen molar-refractivity contribution < 1.29 is 20.4 Å². The molecule has 4 N–H and O–H groups in total. The summed E-state index contributed by atoms with van der Waals surface area (Å²) in [7, 11) is 0. The summed E-state index contributed by atoms with van der Waals surface area (Å²) < 4.78 is 0. The summed E-state index contributed by atoms with van der Waals surface area (Å²) in [5, 5.41) is 42.5. The Labute approximate surface area is 145 Å². The van der Waals surface area contributed by atoms with Crippen molar-refractivity contribution in [3.63, 3.8) is 0 Å². The molecule has 4 heteroatoms. The van der Waals surface area contributed by atoms with Crippen molar-refractivity contribution in [1.82, 2.24) is 0 Å². The first kappa shape index (κ1) is 17.3. The minimum atomic E-state index is -1.33. The molecule has 2 bridgehead atoms. The number of rotatable bonds is 1. The van der Waals surface area contributed by atoms with Crippen molar-refractivity contribution in [2.75, 3.05) is 6.61 Å². The molecule has 0 radical (unpaired) electrons. The highest BCUT2D eigenvalue weighted by atomic mass is 16.4. The summed E-state index contributed by atoms with van der Waals surface area (Å²) in [6.45, 7) is 6.56. The Kier molecular flexibility index (Phi) is 3.57. The predicted molar refractivity (Wildman–Crippen MR) is 91.2 cm³/mol. The average Bonchev–Trinajstić information content (AvgIpc) is 2.64. The molecule has 4 aliphatic rings. The maximum absolute atomic E-state index is 11.1. The van der Waals surface area contributed by atoms with Gasteiger partial charge in [0.2, 0.25) is 0 Å². The fourth-order valence-corrected chi connectivity index (χ4v) is 8.31. The van der Waals surface area contributed by atoms with E-state index in [0.717, 1.165) is 44.9 Å². The standard InChI is InChI=1S/C20H34O4/c1-17(2)9-13(22)10-18(3)14(17)6-7-19-8-12(4-5-15(18)19)20(24,11-21)16(19)23/h12-16,21-24H,4-11H2,1-3H3/t12-,13-,14-,15+,16-,18-,19-,20+/m1/s1. The highest BCUT2D eigenvalue weighted by molar-refractivity contribution is 5.21. The van der Waals surface area contributed by atoms with Crippen LogP contribution in [0.2, 0.25) is 0 Å². The smallest absolute Gasteiger partial charge is 0.117 e. The highest BCUT2D eigenvalue weighted by Crippen LogP contribution is 2.72. The van der Waals surface area contributed by atoms with Crippen molar-refractivity contribution in [1.29, 1.82) is 0 Å².